The fourth-order valence-corrected chi connectivity index (χ4v) is 5.08. The van der Waals surface area contributed by atoms with Gasteiger partial charge in [-0.05, 0) is 85.7 Å². The number of halogens is 1. The van der Waals surface area contributed by atoms with Crippen LogP contribution in [0.5, 0.6) is 5.75 Å². The van der Waals surface area contributed by atoms with E-state index in [1.54, 1.807) is 18.2 Å². The maximum Gasteiger partial charge on any atom is 0.262 e. The lowest BCUT2D eigenvalue weighted by molar-refractivity contribution is -0.118. The predicted molar refractivity (Wildman–Crippen MR) is 140 cm³/mol. The van der Waals surface area contributed by atoms with Crippen LogP contribution < -0.4 is 10.1 Å². The summed E-state index contributed by atoms with van der Waals surface area (Å²) in [5.74, 6) is 1.51. The van der Waals surface area contributed by atoms with Gasteiger partial charge in [-0.2, -0.15) is 0 Å². The second kappa shape index (κ2) is 10.1. The summed E-state index contributed by atoms with van der Waals surface area (Å²) < 4.78 is 11.7. The maximum absolute atomic E-state index is 12.5. The molecule has 35 heavy (non-hydrogen) atoms. The molecule has 0 atom stereocenters. The Hall–Kier alpha value is -3.31. The van der Waals surface area contributed by atoms with Crippen LogP contribution in [0.25, 0.3) is 22.6 Å². The molecule has 6 heteroatoms. The third-order valence-corrected chi connectivity index (χ3v) is 6.96. The molecule has 1 aromatic heterocycles. The lowest BCUT2D eigenvalue weighted by Crippen LogP contribution is -2.20. The van der Waals surface area contributed by atoms with Gasteiger partial charge < -0.3 is 14.5 Å². The van der Waals surface area contributed by atoms with Crippen LogP contribution in [0.4, 0.5) is 5.69 Å². The average molecular weight is 489 g/mol. The molecule has 5 nitrogen and oxygen atoms in total. The van der Waals surface area contributed by atoms with Crippen LogP contribution in [0.3, 0.4) is 0 Å². The Labute approximate surface area is 210 Å². The second-order valence-corrected chi connectivity index (χ2v) is 9.79. The van der Waals surface area contributed by atoms with E-state index in [-0.39, 0.29) is 12.5 Å². The minimum atomic E-state index is -0.251. The third-order valence-electron chi connectivity index (χ3n) is 6.63. The van der Waals surface area contributed by atoms with Gasteiger partial charge in [0.05, 0.1) is 10.6 Å². The van der Waals surface area contributed by atoms with E-state index < -0.39 is 0 Å². The van der Waals surface area contributed by atoms with Gasteiger partial charge in [0.2, 0.25) is 5.89 Å². The molecule has 1 saturated carbocycles. The smallest absolute Gasteiger partial charge is 0.262 e. The molecule has 1 fully saturated rings. The molecule has 0 radical (unpaired) electrons. The summed E-state index contributed by atoms with van der Waals surface area (Å²) in [5.41, 5.74) is 6.23. The van der Waals surface area contributed by atoms with Crippen molar-refractivity contribution in [1.29, 1.82) is 0 Å². The zero-order chi connectivity index (χ0) is 24.4. The Kier molecular flexibility index (Phi) is 6.78. The monoisotopic (exact) mass is 488 g/mol. The molecule has 180 valence electrons. The highest BCUT2D eigenvalue weighted by atomic mass is 35.5. The van der Waals surface area contributed by atoms with Crippen molar-refractivity contribution in [2.24, 2.45) is 0 Å². The zero-order valence-corrected chi connectivity index (χ0v) is 20.8. The Balaban J connectivity index is 1.24. The number of nitrogens with zero attached hydrogens (tertiary/aromatic N) is 1. The second-order valence-electron chi connectivity index (χ2n) is 9.38. The van der Waals surface area contributed by atoms with E-state index in [9.17, 15) is 4.79 Å². The summed E-state index contributed by atoms with van der Waals surface area (Å²) in [6, 6.07) is 17.4. The Morgan fingerprint density at radius 2 is 1.83 bits per heavy atom. The van der Waals surface area contributed by atoms with Gasteiger partial charge >= 0.3 is 0 Å². The molecule has 1 N–H and O–H groups in total. The minimum absolute atomic E-state index is 0.0813. The topological polar surface area (TPSA) is 64.4 Å². The van der Waals surface area contributed by atoms with E-state index >= 15 is 0 Å². The molecule has 0 spiro atoms. The number of carbonyl (C=O) groups excluding carboxylic acids is 1. The number of aryl methyl sites for hydroxylation is 2. The third kappa shape index (κ3) is 5.35. The highest BCUT2D eigenvalue weighted by molar-refractivity contribution is 6.33. The number of nitrogens with one attached hydrogen (secondary N) is 1. The normalized spacial score (nSPS) is 14.3. The number of hydrogen-bond donors (Lipinski definition) is 1. The lowest BCUT2D eigenvalue weighted by atomic mass is 9.84. The van der Waals surface area contributed by atoms with Crippen molar-refractivity contribution < 1.29 is 13.9 Å². The molecule has 0 unspecified atom stereocenters. The van der Waals surface area contributed by atoms with Crippen molar-refractivity contribution in [2.75, 3.05) is 11.9 Å². The van der Waals surface area contributed by atoms with Crippen LogP contribution in [0, 0.1) is 13.8 Å². The van der Waals surface area contributed by atoms with Gasteiger partial charge in [0.15, 0.2) is 12.2 Å². The lowest BCUT2D eigenvalue weighted by Gasteiger charge is -2.22. The summed E-state index contributed by atoms with van der Waals surface area (Å²) in [6.45, 7) is 3.94. The fraction of sp³-hybridized carbons (Fsp3) is 0.310. The van der Waals surface area contributed by atoms with E-state index in [2.05, 4.69) is 28.5 Å². The summed E-state index contributed by atoms with van der Waals surface area (Å²) in [7, 11) is 0. The first kappa shape index (κ1) is 23.4. The highest BCUT2D eigenvalue weighted by Crippen LogP contribution is 2.34. The number of aromatic nitrogens is 1. The van der Waals surface area contributed by atoms with Crippen molar-refractivity contribution in [3.05, 3.63) is 76.3 Å². The number of benzene rings is 3. The first-order valence-electron chi connectivity index (χ1n) is 12.2. The van der Waals surface area contributed by atoms with Crippen LogP contribution in [0.1, 0.15) is 54.7 Å². The van der Waals surface area contributed by atoms with Gasteiger partial charge in [0.1, 0.15) is 11.3 Å². The van der Waals surface area contributed by atoms with E-state index in [4.69, 9.17) is 20.8 Å². The number of amides is 1. The predicted octanol–water partition coefficient (Wildman–Crippen LogP) is 7.83. The zero-order valence-electron chi connectivity index (χ0n) is 20.1. The number of anilines is 1. The van der Waals surface area contributed by atoms with Crippen molar-refractivity contribution >= 4 is 34.3 Å². The molecular weight excluding hydrogens is 460 g/mol. The fourth-order valence-electron chi connectivity index (χ4n) is 4.88. The molecule has 1 aliphatic carbocycles. The maximum atomic E-state index is 12.5. The summed E-state index contributed by atoms with van der Waals surface area (Å²) >= 11 is 6.44. The molecule has 1 heterocycles. The summed E-state index contributed by atoms with van der Waals surface area (Å²) in [6.07, 6.45) is 6.47. The van der Waals surface area contributed by atoms with Crippen LogP contribution in [0.2, 0.25) is 5.02 Å². The number of oxazole rings is 1. The Bertz CT molecular complexity index is 1350. The quantitative estimate of drug-likeness (QED) is 0.300. The first-order chi connectivity index (χ1) is 17.0. The van der Waals surface area contributed by atoms with Gasteiger partial charge in [0, 0.05) is 5.69 Å². The van der Waals surface area contributed by atoms with Crippen LogP contribution in [-0.2, 0) is 4.79 Å². The van der Waals surface area contributed by atoms with E-state index in [0.717, 1.165) is 22.2 Å². The molecule has 3 aromatic carbocycles. The van der Waals surface area contributed by atoms with E-state index in [1.165, 1.54) is 37.7 Å². The van der Waals surface area contributed by atoms with Gasteiger partial charge in [-0.25, -0.2) is 4.98 Å². The van der Waals surface area contributed by atoms with Gasteiger partial charge in [-0.15, -0.1) is 0 Å². The van der Waals surface area contributed by atoms with Gasteiger partial charge in [-0.1, -0.05) is 49.1 Å². The first-order valence-corrected chi connectivity index (χ1v) is 12.5. The van der Waals surface area contributed by atoms with Crippen LogP contribution >= 0.6 is 11.6 Å². The SMILES string of the molecule is Cc1cc(C)c2oc(-c3cc(NC(=O)COc4ccc(C5CCCCC5)cc4)ccc3Cl)nc2c1. The van der Waals surface area contributed by atoms with E-state index in [1.807, 2.05) is 32.0 Å². The van der Waals surface area contributed by atoms with Crippen LogP contribution in [0.15, 0.2) is 59.0 Å². The Morgan fingerprint density at radius 1 is 1.06 bits per heavy atom. The summed E-state index contributed by atoms with van der Waals surface area (Å²) in [4.78, 5) is 17.2. The molecule has 0 aliphatic heterocycles. The van der Waals surface area contributed by atoms with Gasteiger partial charge in [0.25, 0.3) is 5.91 Å². The molecule has 0 saturated heterocycles. The molecule has 1 aliphatic rings. The molecule has 4 aromatic rings. The van der Waals surface area contributed by atoms with E-state index in [0.29, 0.717) is 33.8 Å². The molecule has 1 amide bonds. The van der Waals surface area contributed by atoms with Crippen molar-refractivity contribution in [3.8, 4) is 17.2 Å². The number of fused-ring (bicyclic) bond motifs is 1. The number of ether oxygens (including phenoxy) is 1. The van der Waals surface area contributed by atoms with Crippen molar-refractivity contribution in [2.45, 2.75) is 51.9 Å². The van der Waals surface area contributed by atoms with Gasteiger partial charge in [-0.3, -0.25) is 4.79 Å². The standard InChI is InChI=1S/C29H29ClN2O3/c1-18-14-19(2)28-26(15-18)32-29(35-28)24-16-22(10-13-25(24)30)31-27(33)17-34-23-11-8-21(9-12-23)20-6-4-3-5-7-20/h8-16,20H,3-7,17H2,1-2H3,(H,31,33). The molecule has 0 bridgehead atoms. The van der Waals surface area contributed by atoms with Crippen molar-refractivity contribution in [1.82, 2.24) is 4.98 Å². The van der Waals surface area contributed by atoms with Crippen molar-refractivity contribution in [3.63, 3.8) is 0 Å². The number of rotatable bonds is 6. The largest absolute Gasteiger partial charge is 0.484 e. The minimum Gasteiger partial charge on any atom is -0.484 e. The molecular formula is C29H29ClN2O3. The average Bonchev–Trinajstić information content (AvgIpc) is 3.29. The number of hydrogen-bond acceptors (Lipinski definition) is 4. The highest BCUT2D eigenvalue weighted by Gasteiger charge is 2.17. The molecule has 5 rings (SSSR count). The summed E-state index contributed by atoms with van der Waals surface area (Å²) in [5, 5.41) is 3.37. The van der Waals surface area contributed by atoms with Crippen LogP contribution in [-0.4, -0.2) is 17.5 Å². The Morgan fingerprint density at radius 3 is 2.60 bits per heavy atom. The number of carbonyl (C=O) groups is 1.